The van der Waals surface area contributed by atoms with Gasteiger partial charge < -0.3 is 15.6 Å². The Hall–Kier alpha value is -1.33. The third-order valence-electron chi connectivity index (χ3n) is 3.21. The Morgan fingerprint density at radius 2 is 2.17 bits per heavy atom. The molecule has 1 saturated heterocycles. The smallest absolute Gasteiger partial charge is 0.252 e. The number of H-pyrrole nitrogens is 1. The average Bonchev–Trinajstić information content (AvgIpc) is 2.80. The summed E-state index contributed by atoms with van der Waals surface area (Å²) in [5, 5.41) is 6.44. The third-order valence-corrected chi connectivity index (χ3v) is 3.21. The molecule has 1 aliphatic rings. The largest absolute Gasteiger partial charge is 0.367 e. The molecule has 0 bridgehead atoms. The molecule has 0 aliphatic carbocycles. The number of carbonyl (C=O) groups is 1. The molecule has 0 aromatic carbocycles. The number of hydrogen-bond donors (Lipinski definition) is 3. The lowest BCUT2D eigenvalue weighted by molar-refractivity contribution is 0.0943. The molecule has 2 atom stereocenters. The molecule has 2 rings (SSSR count). The number of nitrogens with one attached hydrogen (secondary N) is 3. The van der Waals surface area contributed by atoms with Crippen LogP contribution in [0, 0.1) is 0 Å². The summed E-state index contributed by atoms with van der Waals surface area (Å²) < 4.78 is 0. The van der Waals surface area contributed by atoms with Crippen LogP contribution in [0.15, 0.2) is 18.5 Å². The van der Waals surface area contributed by atoms with Crippen molar-refractivity contribution in [1.29, 1.82) is 0 Å². The van der Waals surface area contributed by atoms with Crippen LogP contribution in [0.1, 0.15) is 24.2 Å². The van der Waals surface area contributed by atoms with Gasteiger partial charge in [0.2, 0.25) is 0 Å². The maximum absolute atomic E-state index is 11.7. The van der Waals surface area contributed by atoms with E-state index in [1.54, 1.807) is 18.5 Å². The first-order chi connectivity index (χ1) is 8.65. The SMILES string of the molecule is CC1CN(CCNC(=O)c2cc[nH]c2)CC(C)N1. The van der Waals surface area contributed by atoms with Crippen molar-refractivity contribution in [2.75, 3.05) is 26.2 Å². The first-order valence-corrected chi connectivity index (χ1v) is 6.54. The first kappa shape index (κ1) is 13.1. The molecule has 2 heterocycles. The van der Waals surface area contributed by atoms with Gasteiger partial charge in [-0.3, -0.25) is 9.69 Å². The molecule has 2 unspecified atom stereocenters. The lowest BCUT2D eigenvalue weighted by Gasteiger charge is -2.36. The van der Waals surface area contributed by atoms with Crippen molar-refractivity contribution < 1.29 is 4.79 Å². The van der Waals surface area contributed by atoms with E-state index in [1.165, 1.54) is 0 Å². The van der Waals surface area contributed by atoms with E-state index < -0.39 is 0 Å². The van der Waals surface area contributed by atoms with E-state index >= 15 is 0 Å². The van der Waals surface area contributed by atoms with Crippen molar-refractivity contribution in [2.45, 2.75) is 25.9 Å². The van der Waals surface area contributed by atoms with Gasteiger partial charge in [-0.15, -0.1) is 0 Å². The molecule has 0 spiro atoms. The van der Waals surface area contributed by atoms with E-state index in [2.05, 4.69) is 34.4 Å². The molecule has 0 radical (unpaired) electrons. The van der Waals surface area contributed by atoms with E-state index in [9.17, 15) is 4.79 Å². The summed E-state index contributed by atoms with van der Waals surface area (Å²) >= 11 is 0. The van der Waals surface area contributed by atoms with E-state index in [-0.39, 0.29) is 5.91 Å². The highest BCUT2D eigenvalue weighted by atomic mass is 16.1. The summed E-state index contributed by atoms with van der Waals surface area (Å²) in [6.45, 7) is 8.09. The van der Waals surface area contributed by atoms with Gasteiger partial charge in [-0.25, -0.2) is 0 Å². The Labute approximate surface area is 108 Å². The monoisotopic (exact) mass is 250 g/mol. The summed E-state index contributed by atoms with van der Waals surface area (Å²) in [4.78, 5) is 17.0. The van der Waals surface area contributed by atoms with Crippen LogP contribution < -0.4 is 10.6 Å². The zero-order valence-corrected chi connectivity index (χ0v) is 11.1. The molecule has 1 amide bonds. The van der Waals surface area contributed by atoms with Crippen molar-refractivity contribution >= 4 is 5.91 Å². The van der Waals surface area contributed by atoms with Gasteiger partial charge in [0, 0.05) is 50.7 Å². The molecule has 5 heteroatoms. The fraction of sp³-hybridized carbons (Fsp3) is 0.615. The number of amides is 1. The van der Waals surface area contributed by atoms with Crippen molar-refractivity contribution in [3.63, 3.8) is 0 Å². The number of rotatable bonds is 4. The lowest BCUT2D eigenvalue weighted by Crippen LogP contribution is -2.55. The van der Waals surface area contributed by atoms with Gasteiger partial charge in [0.15, 0.2) is 0 Å². The molecule has 3 N–H and O–H groups in total. The minimum absolute atomic E-state index is 0.00696. The quantitative estimate of drug-likeness (QED) is 0.726. The molecule has 5 nitrogen and oxygen atoms in total. The second kappa shape index (κ2) is 6.02. The molecular formula is C13H22N4O. The molecular weight excluding hydrogens is 228 g/mol. The van der Waals surface area contributed by atoms with Crippen LogP contribution in [0.2, 0.25) is 0 Å². The summed E-state index contributed by atoms with van der Waals surface area (Å²) in [6, 6.07) is 2.83. The summed E-state index contributed by atoms with van der Waals surface area (Å²) in [6.07, 6.45) is 3.47. The highest BCUT2D eigenvalue weighted by Gasteiger charge is 2.20. The number of piperazine rings is 1. The Morgan fingerprint density at radius 3 is 2.78 bits per heavy atom. The maximum Gasteiger partial charge on any atom is 0.252 e. The second-order valence-electron chi connectivity index (χ2n) is 5.08. The van der Waals surface area contributed by atoms with Crippen LogP contribution in [0.3, 0.4) is 0 Å². The standard InChI is InChI=1S/C13H22N4O/c1-10-8-17(9-11(2)16-10)6-5-15-13(18)12-3-4-14-7-12/h3-4,7,10-11,14,16H,5-6,8-9H2,1-2H3,(H,15,18). The first-order valence-electron chi connectivity index (χ1n) is 6.54. The number of carbonyl (C=O) groups excluding carboxylic acids is 1. The fourth-order valence-electron chi connectivity index (χ4n) is 2.52. The van der Waals surface area contributed by atoms with Gasteiger partial charge in [0.1, 0.15) is 0 Å². The Morgan fingerprint density at radius 1 is 1.44 bits per heavy atom. The van der Waals surface area contributed by atoms with Crippen LogP contribution in [0.5, 0.6) is 0 Å². The van der Waals surface area contributed by atoms with E-state index in [4.69, 9.17) is 0 Å². The summed E-state index contributed by atoms with van der Waals surface area (Å²) in [5.74, 6) is -0.00696. The van der Waals surface area contributed by atoms with Gasteiger partial charge in [0.05, 0.1) is 5.56 Å². The van der Waals surface area contributed by atoms with E-state index in [1.807, 2.05) is 0 Å². The number of nitrogens with zero attached hydrogens (tertiary/aromatic N) is 1. The lowest BCUT2D eigenvalue weighted by atomic mass is 10.1. The Balaban J connectivity index is 1.70. The third kappa shape index (κ3) is 3.58. The van der Waals surface area contributed by atoms with Crippen LogP contribution in [0.25, 0.3) is 0 Å². The molecule has 1 aromatic heterocycles. The molecule has 100 valence electrons. The minimum atomic E-state index is -0.00696. The van der Waals surface area contributed by atoms with Gasteiger partial charge in [-0.1, -0.05) is 0 Å². The zero-order chi connectivity index (χ0) is 13.0. The molecule has 0 saturated carbocycles. The van der Waals surface area contributed by atoms with Gasteiger partial charge in [-0.2, -0.15) is 0 Å². The number of hydrogen-bond acceptors (Lipinski definition) is 3. The predicted molar refractivity (Wildman–Crippen MR) is 71.6 cm³/mol. The summed E-state index contributed by atoms with van der Waals surface area (Å²) in [7, 11) is 0. The van der Waals surface area contributed by atoms with Crippen molar-refractivity contribution in [1.82, 2.24) is 20.5 Å². The molecule has 1 aliphatic heterocycles. The normalized spacial score (nSPS) is 25.0. The second-order valence-corrected chi connectivity index (χ2v) is 5.08. The van der Waals surface area contributed by atoms with Crippen LogP contribution in [0.4, 0.5) is 0 Å². The van der Waals surface area contributed by atoms with E-state index in [0.29, 0.717) is 24.2 Å². The highest BCUT2D eigenvalue weighted by molar-refractivity contribution is 5.93. The minimum Gasteiger partial charge on any atom is -0.367 e. The van der Waals surface area contributed by atoms with Crippen LogP contribution in [-0.4, -0.2) is 54.1 Å². The zero-order valence-electron chi connectivity index (χ0n) is 11.1. The van der Waals surface area contributed by atoms with Crippen LogP contribution >= 0.6 is 0 Å². The predicted octanol–water partition coefficient (Wildman–Crippen LogP) is 0.427. The average molecular weight is 250 g/mol. The van der Waals surface area contributed by atoms with Crippen molar-refractivity contribution in [2.24, 2.45) is 0 Å². The number of aromatic amines is 1. The maximum atomic E-state index is 11.7. The molecule has 18 heavy (non-hydrogen) atoms. The van der Waals surface area contributed by atoms with Crippen molar-refractivity contribution in [3.8, 4) is 0 Å². The summed E-state index contributed by atoms with van der Waals surface area (Å²) in [5.41, 5.74) is 0.692. The number of aromatic nitrogens is 1. The Kier molecular flexibility index (Phi) is 4.38. The topological polar surface area (TPSA) is 60.2 Å². The molecule has 1 fully saturated rings. The fourth-order valence-corrected chi connectivity index (χ4v) is 2.52. The Bertz CT molecular complexity index is 366. The van der Waals surface area contributed by atoms with Gasteiger partial charge in [-0.05, 0) is 19.9 Å². The van der Waals surface area contributed by atoms with Crippen molar-refractivity contribution in [3.05, 3.63) is 24.0 Å². The highest BCUT2D eigenvalue weighted by Crippen LogP contribution is 2.03. The van der Waals surface area contributed by atoms with Gasteiger partial charge in [0.25, 0.3) is 5.91 Å². The van der Waals surface area contributed by atoms with Crippen LogP contribution in [-0.2, 0) is 0 Å². The van der Waals surface area contributed by atoms with Gasteiger partial charge >= 0.3 is 0 Å². The molecule has 1 aromatic rings. The van der Waals surface area contributed by atoms with E-state index in [0.717, 1.165) is 19.6 Å².